The topological polar surface area (TPSA) is 60.4 Å². The third kappa shape index (κ3) is 3.52. The Labute approximate surface area is 106 Å². The zero-order valence-electron chi connectivity index (χ0n) is 10.7. The van der Waals surface area contributed by atoms with E-state index in [0.29, 0.717) is 11.3 Å². The summed E-state index contributed by atoms with van der Waals surface area (Å²) >= 11 is 0. The van der Waals surface area contributed by atoms with Gasteiger partial charge in [0.05, 0.1) is 13.0 Å². The molecule has 0 aliphatic rings. The number of ether oxygens (including phenoxy) is 1. The van der Waals surface area contributed by atoms with E-state index in [4.69, 9.17) is 4.74 Å². The van der Waals surface area contributed by atoms with E-state index in [0.717, 1.165) is 0 Å². The molecule has 0 unspecified atom stereocenters. The van der Waals surface area contributed by atoms with E-state index in [2.05, 4.69) is 0 Å². The van der Waals surface area contributed by atoms with Gasteiger partial charge < -0.3 is 4.74 Å². The smallest absolute Gasteiger partial charge is 0.164 e. The van der Waals surface area contributed by atoms with Crippen LogP contribution in [0.25, 0.3) is 0 Å². The standard InChI is InChI=1S/C14H16O4/c1-9(15)13(10(2)16)8-14(17)11-4-6-12(18-3)7-5-11/h4-7,13H,8H2,1-3H3. The Hall–Kier alpha value is -1.97. The summed E-state index contributed by atoms with van der Waals surface area (Å²) in [6.07, 6.45) is -0.0724. The lowest BCUT2D eigenvalue weighted by atomic mass is 9.92. The number of hydrogen-bond donors (Lipinski definition) is 0. The van der Waals surface area contributed by atoms with Crippen molar-refractivity contribution in [2.75, 3.05) is 7.11 Å². The van der Waals surface area contributed by atoms with Crippen molar-refractivity contribution in [3.8, 4) is 5.75 Å². The molecule has 0 aliphatic heterocycles. The van der Waals surface area contributed by atoms with Crippen LogP contribution >= 0.6 is 0 Å². The molecule has 1 rings (SSSR count). The lowest BCUT2D eigenvalue weighted by molar-refractivity contribution is -0.130. The van der Waals surface area contributed by atoms with E-state index in [1.54, 1.807) is 31.4 Å². The summed E-state index contributed by atoms with van der Waals surface area (Å²) < 4.78 is 4.99. The number of hydrogen-bond acceptors (Lipinski definition) is 4. The molecule has 0 amide bonds. The minimum Gasteiger partial charge on any atom is -0.497 e. The van der Waals surface area contributed by atoms with Gasteiger partial charge in [0.25, 0.3) is 0 Å². The molecule has 0 radical (unpaired) electrons. The monoisotopic (exact) mass is 248 g/mol. The second kappa shape index (κ2) is 6.10. The van der Waals surface area contributed by atoms with Crippen LogP contribution < -0.4 is 4.74 Å². The quantitative estimate of drug-likeness (QED) is 0.571. The molecule has 0 spiro atoms. The Morgan fingerprint density at radius 1 is 1.06 bits per heavy atom. The Morgan fingerprint density at radius 2 is 1.56 bits per heavy atom. The van der Waals surface area contributed by atoms with Crippen LogP contribution in [0, 0.1) is 5.92 Å². The molecule has 0 aromatic heterocycles. The highest BCUT2D eigenvalue weighted by molar-refractivity contribution is 6.06. The molecule has 0 atom stereocenters. The summed E-state index contributed by atoms with van der Waals surface area (Å²) in [6, 6.07) is 6.59. The number of ketones is 3. The number of carbonyl (C=O) groups excluding carboxylic acids is 3. The Bertz CT molecular complexity index is 445. The van der Waals surface area contributed by atoms with E-state index in [-0.39, 0.29) is 23.8 Å². The third-order valence-corrected chi connectivity index (χ3v) is 2.78. The van der Waals surface area contributed by atoms with E-state index in [1.807, 2.05) is 0 Å². The van der Waals surface area contributed by atoms with Crippen molar-refractivity contribution in [1.29, 1.82) is 0 Å². The van der Waals surface area contributed by atoms with Crippen LogP contribution in [-0.4, -0.2) is 24.5 Å². The van der Waals surface area contributed by atoms with Gasteiger partial charge in [-0.1, -0.05) is 0 Å². The first-order valence-electron chi connectivity index (χ1n) is 5.64. The maximum atomic E-state index is 11.9. The van der Waals surface area contributed by atoms with Gasteiger partial charge in [-0.3, -0.25) is 14.4 Å². The van der Waals surface area contributed by atoms with Gasteiger partial charge in [0.1, 0.15) is 17.3 Å². The summed E-state index contributed by atoms with van der Waals surface area (Å²) in [5, 5.41) is 0. The first-order chi connectivity index (χ1) is 8.45. The minimum absolute atomic E-state index is 0.0724. The van der Waals surface area contributed by atoms with Gasteiger partial charge in [0.15, 0.2) is 5.78 Å². The number of methoxy groups -OCH3 is 1. The van der Waals surface area contributed by atoms with E-state index >= 15 is 0 Å². The van der Waals surface area contributed by atoms with Crippen LogP contribution in [0.3, 0.4) is 0 Å². The number of rotatable bonds is 6. The molecular formula is C14H16O4. The summed E-state index contributed by atoms with van der Waals surface area (Å²) in [7, 11) is 1.54. The predicted molar refractivity (Wildman–Crippen MR) is 66.8 cm³/mol. The average Bonchev–Trinajstić information content (AvgIpc) is 2.35. The van der Waals surface area contributed by atoms with Crippen molar-refractivity contribution in [1.82, 2.24) is 0 Å². The summed E-state index contributed by atoms with van der Waals surface area (Å²) in [6.45, 7) is 2.65. The van der Waals surface area contributed by atoms with E-state index in [1.165, 1.54) is 13.8 Å². The molecule has 0 aliphatic carbocycles. The normalized spacial score (nSPS) is 10.2. The third-order valence-electron chi connectivity index (χ3n) is 2.78. The Balaban J connectivity index is 2.80. The maximum absolute atomic E-state index is 11.9. The van der Waals surface area contributed by atoms with Gasteiger partial charge in [-0.25, -0.2) is 0 Å². The number of benzene rings is 1. The molecule has 0 saturated carbocycles. The molecule has 18 heavy (non-hydrogen) atoms. The SMILES string of the molecule is COc1ccc(C(=O)CC(C(C)=O)C(C)=O)cc1. The summed E-state index contributed by atoms with van der Waals surface area (Å²) in [5.41, 5.74) is 0.475. The van der Waals surface area contributed by atoms with Crippen LogP contribution in [0.15, 0.2) is 24.3 Å². The highest BCUT2D eigenvalue weighted by Gasteiger charge is 2.23. The molecule has 1 aromatic carbocycles. The van der Waals surface area contributed by atoms with Gasteiger partial charge >= 0.3 is 0 Å². The molecule has 0 fully saturated rings. The average molecular weight is 248 g/mol. The Morgan fingerprint density at radius 3 is 1.94 bits per heavy atom. The zero-order valence-corrected chi connectivity index (χ0v) is 10.7. The Kier molecular flexibility index (Phi) is 4.77. The summed E-state index contributed by atoms with van der Waals surface area (Å²) in [5.74, 6) is -0.942. The van der Waals surface area contributed by atoms with Crippen LogP contribution in [0.5, 0.6) is 5.75 Å². The lowest BCUT2D eigenvalue weighted by Crippen LogP contribution is -2.22. The van der Waals surface area contributed by atoms with Gasteiger partial charge in [-0.05, 0) is 38.1 Å². The van der Waals surface area contributed by atoms with Crippen LogP contribution in [0.1, 0.15) is 30.6 Å². The molecule has 1 aromatic rings. The molecule has 0 heterocycles. The summed E-state index contributed by atoms with van der Waals surface area (Å²) in [4.78, 5) is 34.4. The lowest BCUT2D eigenvalue weighted by Gasteiger charge is -2.09. The molecule has 0 N–H and O–H groups in total. The van der Waals surface area contributed by atoms with Gasteiger partial charge in [-0.2, -0.15) is 0 Å². The second-order valence-electron chi connectivity index (χ2n) is 4.13. The fourth-order valence-electron chi connectivity index (χ4n) is 1.65. The van der Waals surface area contributed by atoms with Crippen molar-refractivity contribution in [3.63, 3.8) is 0 Å². The largest absolute Gasteiger partial charge is 0.497 e. The van der Waals surface area contributed by atoms with Crippen molar-refractivity contribution in [3.05, 3.63) is 29.8 Å². The van der Waals surface area contributed by atoms with Gasteiger partial charge in [-0.15, -0.1) is 0 Å². The molecule has 4 nitrogen and oxygen atoms in total. The van der Waals surface area contributed by atoms with Gasteiger partial charge in [0, 0.05) is 12.0 Å². The minimum atomic E-state index is -0.834. The first-order valence-corrected chi connectivity index (χ1v) is 5.64. The zero-order chi connectivity index (χ0) is 13.7. The second-order valence-corrected chi connectivity index (χ2v) is 4.13. The molecular weight excluding hydrogens is 232 g/mol. The van der Waals surface area contributed by atoms with Crippen LogP contribution in [0.4, 0.5) is 0 Å². The fourth-order valence-corrected chi connectivity index (χ4v) is 1.65. The molecule has 96 valence electrons. The predicted octanol–water partition coefficient (Wildman–Crippen LogP) is 2.06. The molecule has 4 heteroatoms. The van der Waals surface area contributed by atoms with E-state index in [9.17, 15) is 14.4 Å². The van der Waals surface area contributed by atoms with Crippen LogP contribution in [-0.2, 0) is 9.59 Å². The first kappa shape index (κ1) is 14.1. The van der Waals surface area contributed by atoms with Gasteiger partial charge in [0.2, 0.25) is 0 Å². The highest BCUT2D eigenvalue weighted by atomic mass is 16.5. The van der Waals surface area contributed by atoms with Crippen molar-refractivity contribution in [2.45, 2.75) is 20.3 Å². The van der Waals surface area contributed by atoms with E-state index < -0.39 is 5.92 Å². The number of Topliss-reactive ketones (excluding diaryl/α,β-unsaturated/α-hetero) is 3. The van der Waals surface area contributed by atoms with Crippen LogP contribution in [0.2, 0.25) is 0 Å². The van der Waals surface area contributed by atoms with Crippen molar-refractivity contribution >= 4 is 17.3 Å². The maximum Gasteiger partial charge on any atom is 0.164 e. The highest BCUT2D eigenvalue weighted by Crippen LogP contribution is 2.16. The molecule has 0 bridgehead atoms. The van der Waals surface area contributed by atoms with Crippen molar-refractivity contribution in [2.24, 2.45) is 5.92 Å². The number of carbonyl (C=O) groups is 3. The van der Waals surface area contributed by atoms with Crippen molar-refractivity contribution < 1.29 is 19.1 Å². The fraction of sp³-hybridized carbons (Fsp3) is 0.357. The molecule has 0 saturated heterocycles.